The summed E-state index contributed by atoms with van der Waals surface area (Å²) in [6.45, 7) is 8.55. The van der Waals surface area contributed by atoms with E-state index in [1.807, 2.05) is 20.8 Å². The molecule has 0 amide bonds. The molecule has 2 fully saturated rings. The number of halogens is 1. The second-order valence-electron chi connectivity index (χ2n) is 9.97. The number of hydrogen-bond donors (Lipinski definition) is 0. The van der Waals surface area contributed by atoms with Crippen LogP contribution in [0.1, 0.15) is 88.1 Å². The summed E-state index contributed by atoms with van der Waals surface area (Å²) >= 11 is 1.56. The van der Waals surface area contributed by atoms with E-state index in [4.69, 9.17) is 9.26 Å². The van der Waals surface area contributed by atoms with Crippen molar-refractivity contribution in [3.8, 4) is 5.75 Å². The molecule has 2 heterocycles. The van der Waals surface area contributed by atoms with Gasteiger partial charge < -0.3 is 9.26 Å². The van der Waals surface area contributed by atoms with Crippen molar-refractivity contribution in [3.63, 3.8) is 0 Å². The normalized spacial score (nSPS) is 23.5. The van der Waals surface area contributed by atoms with E-state index in [-0.39, 0.29) is 35.4 Å². The summed E-state index contributed by atoms with van der Waals surface area (Å²) in [5.74, 6) is 4.23. The van der Waals surface area contributed by atoms with Gasteiger partial charge in [0.05, 0.1) is 5.25 Å². The number of fused-ring (bicyclic) bond motifs is 2. The topological polar surface area (TPSA) is 78.9 Å². The molecule has 0 N–H and O–H groups in total. The first-order valence-electron chi connectivity index (χ1n) is 12.2. The number of para-hydroxylation sites is 1. The van der Waals surface area contributed by atoms with E-state index in [1.165, 1.54) is 31.7 Å². The predicted octanol–water partition coefficient (Wildman–Crippen LogP) is 6.35. The Morgan fingerprint density at radius 1 is 1.15 bits per heavy atom. The highest BCUT2D eigenvalue weighted by molar-refractivity contribution is 7.99. The van der Waals surface area contributed by atoms with Gasteiger partial charge in [-0.25, -0.2) is 4.39 Å². The van der Waals surface area contributed by atoms with Gasteiger partial charge in [-0.3, -0.25) is 4.57 Å². The molecule has 7 nitrogen and oxygen atoms in total. The minimum absolute atomic E-state index is 0.0736. The Morgan fingerprint density at radius 3 is 2.65 bits per heavy atom. The van der Waals surface area contributed by atoms with E-state index in [9.17, 15) is 4.39 Å². The molecule has 2 aromatic heterocycles. The van der Waals surface area contributed by atoms with Gasteiger partial charge in [-0.1, -0.05) is 49.3 Å². The van der Waals surface area contributed by atoms with Crippen LogP contribution in [0.25, 0.3) is 0 Å². The first-order chi connectivity index (χ1) is 16.4. The van der Waals surface area contributed by atoms with Crippen LogP contribution in [-0.2, 0) is 6.61 Å². The van der Waals surface area contributed by atoms with E-state index in [0.717, 1.165) is 17.0 Å². The van der Waals surface area contributed by atoms with E-state index in [1.54, 1.807) is 30.0 Å². The van der Waals surface area contributed by atoms with Crippen LogP contribution >= 0.6 is 11.8 Å². The van der Waals surface area contributed by atoms with E-state index >= 15 is 0 Å². The van der Waals surface area contributed by atoms with Crippen molar-refractivity contribution in [2.75, 3.05) is 0 Å². The molecule has 34 heavy (non-hydrogen) atoms. The fourth-order valence-electron chi connectivity index (χ4n) is 5.53. The Balaban J connectivity index is 1.40. The molecule has 0 saturated heterocycles. The van der Waals surface area contributed by atoms with E-state index in [2.05, 4.69) is 31.8 Å². The van der Waals surface area contributed by atoms with Gasteiger partial charge in [-0.15, -0.1) is 10.2 Å². The lowest BCUT2D eigenvalue weighted by Gasteiger charge is -2.30. The second kappa shape index (κ2) is 9.68. The van der Waals surface area contributed by atoms with Crippen LogP contribution in [-0.4, -0.2) is 24.9 Å². The molecule has 182 valence electrons. The lowest BCUT2D eigenvalue weighted by molar-refractivity contribution is 0.215. The van der Waals surface area contributed by atoms with Gasteiger partial charge >= 0.3 is 0 Å². The Bertz CT molecular complexity index is 1130. The molecule has 2 aliphatic carbocycles. The molecular weight excluding hydrogens is 453 g/mol. The summed E-state index contributed by atoms with van der Waals surface area (Å²) in [5.41, 5.74) is 0. The summed E-state index contributed by atoms with van der Waals surface area (Å²) in [4.78, 5) is 4.56. The van der Waals surface area contributed by atoms with Crippen molar-refractivity contribution in [3.05, 3.63) is 47.6 Å². The number of ether oxygens (including phenoxy) is 1. The third kappa shape index (κ3) is 4.59. The molecule has 0 spiro atoms. The highest BCUT2D eigenvalue weighted by Gasteiger charge is 2.43. The molecule has 2 bridgehead atoms. The minimum Gasteiger partial charge on any atom is -0.483 e. The number of rotatable bonds is 9. The molecule has 5 unspecified atom stereocenters. The third-order valence-electron chi connectivity index (χ3n) is 7.35. The van der Waals surface area contributed by atoms with Gasteiger partial charge in [0.25, 0.3) is 0 Å². The van der Waals surface area contributed by atoms with Crippen LogP contribution in [0.2, 0.25) is 0 Å². The predicted molar refractivity (Wildman–Crippen MR) is 127 cm³/mol. The fourth-order valence-corrected chi connectivity index (χ4v) is 6.52. The maximum atomic E-state index is 14.1. The number of nitrogens with zero attached hydrogens (tertiary/aromatic N) is 5. The summed E-state index contributed by atoms with van der Waals surface area (Å²) in [6, 6.07) is 6.68. The summed E-state index contributed by atoms with van der Waals surface area (Å²) in [5, 5.41) is 13.8. The number of benzene rings is 1. The molecule has 3 aromatic rings. The molecule has 5 atom stereocenters. The average molecular weight is 486 g/mol. The minimum atomic E-state index is -0.379. The van der Waals surface area contributed by atoms with Crippen LogP contribution in [0.5, 0.6) is 5.75 Å². The quantitative estimate of drug-likeness (QED) is 0.327. The molecule has 2 aliphatic rings. The van der Waals surface area contributed by atoms with Gasteiger partial charge in [0.1, 0.15) is 6.61 Å². The number of hydrogen-bond acceptors (Lipinski definition) is 7. The Hall–Kier alpha value is -2.42. The van der Waals surface area contributed by atoms with Gasteiger partial charge in [-0.05, 0) is 63.0 Å². The van der Waals surface area contributed by atoms with E-state index < -0.39 is 0 Å². The monoisotopic (exact) mass is 485 g/mol. The summed E-state index contributed by atoms with van der Waals surface area (Å²) < 4.78 is 27.7. The lowest BCUT2D eigenvalue weighted by atomic mass is 9.84. The highest BCUT2D eigenvalue weighted by Crippen LogP contribution is 2.53. The molecule has 2 saturated carbocycles. The van der Waals surface area contributed by atoms with Crippen LogP contribution in [0, 0.1) is 23.6 Å². The molecule has 0 radical (unpaired) electrons. The first-order valence-corrected chi connectivity index (χ1v) is 13.1. The third-order valence-corrected chi connectivity index (χ3v) is 8.40. The van der Waals surface area contributed by atoms with Crippen LogP contribution in [0.4, 0.5) is 4.39 Å². The smallest absolute Gasteiger partial charge is 0.239 e. The highest BCUT2D eigenvalue weighted by atomic mass is 32.2. The standard InChI is InChI=1S/C25H32FN5O2S/c1-14(2)23-27-24(33-30-23)16(4)34-25-29-28-22(13-32-21-8-6-5-7-20(21)26)31(25)15(3)19-12-17-9-10-18(19)11-17/h5-8,14-19H,9-13H2,1-4H3. The van der Waals surface area contributed by atoms with Crippen LogP contribution < -0.4 is 4.74 Å². The van der Waals surface area contributed by atoms with Crippen molar-refractivity contribution >= 4 is 11.8 Å². The Morgan fingerprint density at radius 2 is 1.97 bits per heavy atom. The van der Waals surface area contributed by atoms with Crippen LogP contribution in [0.15, 0.2) is 33.9 Å². The summed E-state index contributed by atoms with van der Waals surface area (Å²) in [7, 11) is 0. The van der Waals surface area contributed by atoms with Crippen molar-refractivity contribution in [2.45, 2.75) is 82.4 Å². The van der Waals surface area contributed by atoms with Gasteiger partial charge in [0.2, 0.25) is 5.89 Å². The fraction of sp³-hybridized carbons (Fsp3) is 0.600. The molecule has 5 rings (SSSR count). The van der Waals surface area contributed by atoms with Crippen molar-refractivity contribution < 1.29 is 13.7 Å². The van der Waals surface area contributed by atoms with Crippen molar-refractivity contribution in [1.82, 2.24) is 24.9 Å². The zero-order valence-corrected chi connectivity index (χ0v) is 21.0. The maximum absolute atomic E-state index is 14.1. The second-order valence-corrected chi connectivity index (χ2v) is 11.3. The summed E-state index contributed by atoms with van der Waals surface area (Å²) in [6.07, 6.45) is 5.24. The molecule has 0 aliphatic heterocycles. The molecular formula is C25H32FN5O2S. The average Bonchev–Trinajstić information content (AvgIpc) is 3.62. The Kier molecular flexibility index (Phi) is 6.64. The van der Waals surface area contributed by atoms with Gasteiger partial charge in [-0.2, -0.15) is 4.98 Å². The lowest BCUT2D eigenvalue weighted by Crippen LogP contribution is -2.24. The first kappa shape index (κ1) is 23.3. The molecule has 1 aromatic carbocycles. The van der Waals surface area contributed by atoms with Gasteiger partial charge in [0.15, 0.2) is 28.4 Å². The number of thioether (sulfide) groups is 1. The largest absolute Gasteiger partial charge is 0.483 e. The zero-order chi connectivity index (χ0) is 23.8. The van der Waals surface area contributed by atoms with Gasteiger partial charge in [0, 0.05) is 12.0 Å². The number of aromatic nitrogens is 5. The van der Waals surface area contributed by atoms with Crippen LogP contribution in [0.3, 0.4) is 0 Å². The van der Waals surface area contributed by atoms with Crippen molar-refractivity contribution in [1.29, 1.82) is 0 Å². The molecule has 9 heteroatoms. The van der Waals surface area contributed by atoms with Crippen molar-refractivity contribution in [2.24, 2.45) is 17.8 Å². The Labute approximate surface area is 203 Å². The van der Waals surface area contributed by atoms with E-state index in [0.29, 0.717) is 23.5 Å². The zero-order valence-electron chi connectivity index (χ0n) is 20.1. The SMILES string of the molecule is CC(C)c1noc(C(C)Sc2nnc(COc3ccccc3F)n2C(C)C2CC3CCC2C3)n1. The maximum Gasteiger partial charge on any atom is 0.239 e.